The van der Waals surface area contributed by atoms with Crippen LogP contribution in [0.2, 0.25) is 0 Å². The van der Waals surface area contributed by atoms with Crippen LogP contribution < -0.4 is 0 Å². The highest BCUT2D eigenvalue weighted by atomic mass is 16.4. The molecular formula is C14H12O5. The van der Waals surface area contributed by atoms with Crippen LogP contribution in [0.25, 0.3) is 11.1 Å². The van der Waals surface area contributed by atoms with Crippen molar-refractivity contribution < 1.29 is 25.2 Å². The number of benzene rings is 2. The van der Waals surface area contributed by atoms with Gasteiger partial charge >= 0.3 is 5.97 Å². The smallest absolute Gasteiger partial charge is 0.336 e. The fraction of sp³-hybridized carbons (Fsp3) is 0.0714. The van der Waals surface area contributed by atoms with Gasteiger partial charge in [0.15, 0.2) is 11.5 Å². The van der Waals surface area contributed by atoms with Crippen molar-refractivity contribution in [3.05, 3.63) is 41.5 Å². The Kier molecular flexibility index (Phi) is 3.04. The van der Waals surface area contributed by atoms with Crippen molar-refractivity contribution in [3.8, 4) is 28.4 Å². The van der Waals surface area contributed by atoms with Gasteiger partial charge in [-0.25, -0.2) is 4.79 Å². The van der Waals surface area contributed by atoms with Crippen molar-refractivity contribution in [1.82, 2.24) is 0 Å². The van der Waals surface area contributed by atoms with Crippen LogP contribution in [0, 0.1) is 6.92 Å². The van der Waals surface area contributed by atoms with Gasteiger partial charge in [0, 0.05) is 5.56 Å². The van der Waals surface area contributed by atoms with Gasteiger partial charge in [0.1, 0.15) is 0 Å². The normalized spacial score (nSPS) is 10.4. The van der Waals surface area contributed by atoms with E-state index in [2.05, 4.69) is 0 Å². The molecule has 0 unspecified atom stereocenters. The quantitative estimate of drug-likeness (QED) is 0.622. The monoisotopic (exact) mass is 260 g/mol. The first-order chi connectivity index (χ1) is 8.93. The standard InChI is InChI=1S/C14H12O5/c1-7-4-2-3-5-8(7)11-9(14(18)19)6-10(15)12(16)13(11)17/h2-6,15-17H,1H3,(H,18,19). The van der Waals surface area contributed by atoms with Crippen molar-refractivity contribution in [3.63, 3.8) is 0 Å². The topological polar surface area (TPSA) is 98.0 Å². The molecule has 0 aliphatic rings. The average Bonchev–Trinajstić information content (AvgIpc) is 2.37. The molecule has 19 heavy (non-hydrogen) atoms. The summed E-state index contributed by atoms with van der Waals surface area (Å²) < 4.78 is 0. The number of hydrogen-bond donors (Lipinski definition) is 4. The molecule has 5 nitrogen and oxygen atoms in total. The van der Waals surface area contributed by atoms with E-state index < -0.39 is 23.2 Å². The summed E-state index contributed by atoms with van der Waals surface area (Å²) in [5, 5.41) is 38.0. The number of aryl methyl sites for hydroxylation is 1. The number of rotatable bonds is 2. The first kappa shape index (κ1) is 12.8. The molecular weight excluding hydrogens is 248 g/mol. The van der Waals surface area contributed by atoms with Crippen molar-refractivity contribution in [2.45, 2.75) is 6.92 Å². The third-order valence-electron chi connectivity index (χ3n) is 2.90. The van der Waals surface area contributed by atoms with Crippen molar-refractivity contribution in [2.75, 3.05) is 0 Å². The average molecular weight is 260 g/mol. The number of aromatic carboxylic acids is 1. The Hall–Kier alpha value is -2.69. The van der Waals surface area contributed by atoms with Crippen molar-refractivity contribution in [2.24, 2.45) is 0 Å². The lowest BCUT2D eigenvalue weighted by atomic mass is 9.94. The highest BCUT2D eigenvalue weighted by Gasteiger charge is 2.23. The van der Waals surface area contributed by atoms with Crippen molar-refractivity contribution >= 4 is 5.97 Å². The third-order valence-corrected chi connectivity index (χ3v) is 2.90. The van der Waals surface area contributed by atoms with E-state index in [-0.39, 0.29) is 11.1 Å². The van der Waals surface area contributed by atoms with Crippen LogP contribution in [0.1, 0.15) is 15.9 Å². The Morgan fingerprint density at radius 1 is 1.05 bits per heavy atom. The molecule has 2 aromatic carbocycles. The zero-order valence-corrected chi connectivity index (χ0v) is 10.1. The van der Waals surface area contributed by atoms with Crippen LogP contribution in [-0.4, -0.2) is 26.4 Å². The minimum atomic E-state index is -1.30. The van der Waals surface area contributed by atoms with Crippen LogP contribution in [-0.2, 0) is 0 Å². The summed E-state index contributed by atoms with van der Waals surface area (Å²) in [7, 11) is 0. The number of carboxylic acids is 1. The van der Waals surface area contributed by atoms with E-state index in [0.717, 1.165) is 11.6 Å². The van der Waals surface area contributed by atoms with Crippen LogP contribution in [0.15, 0.2) is 30.3 Å². The van der Waals surface area contributed by atoms with Gasteiger partial charge < -0.3 is 20.4 Å². The molecule has 2 rings (SSSR count). The zero-order valence-electron chi connectivity index (χ0n) is 10.1. The molecule has 0 amide bonds. The van der Waals surface area contributed by atoms with E-state index >= 15 is 0 Å². The van der Waals surface area contributed by atoms with Gasteiger partial charge in [0.25, 0.3) is 0 Å². The predicted octanol–water partition coefficient (Wildman–Crippen LogP) is 2.48. The van der Waals surface area contributed by atoms with E-state index in [1.807, 2.05) is 0 Å². The van der Waals surface area contributed by atoms with E-state index in [4.69, 9.17) is 5.11 Å². The Morgan fingerprint density at radius 3 is 2.26 bits per heavy atom. The second-order valence-electron chi connectivity index (χ2n) is 4.14. The fourth-order valence-corrected chi connectivity index (χ4v) is 1.94. The highest BCUT2D eigenvalue weighted by Crippen LogP contribution is 2.45. The van der Waals surface area contributed by atoms with E-state index in [1.54, 1.807) is 31.2 Å². The van der Waals surface area contributed by atoms with Gasteiger partial charge in [-0.1, -0.05) is 24.3 Å². The maximum atomic E-state index is 11.2. The van der Waals surface area contributed by atoms with Crippen LogP contribution in [0.4, 0.5) is 0 Å². The second kappa shape index (κ2) is 4.53. The van der Waals surface area contributed by atoms with E-state index in [9.17, 15) is 20.1 Å². The molecule has 98 valence electrons. The molecule has 0 saturated carbocycles. The third kappa shape index (κ3) is 2.06. The molecule has 0 saturated heterocycles. The number of hydrogen-bond acceptors (Lipinski definition) is 4. The minimum absolute atomic E-state index is 0.0131. The minimum Gasteiger partial charge on any atom is -0.504 e. The molecule has 0 atom stereocenters. The summed E-state index contributed by atoms with van der Waals surface area (Å²) in [5.41, 5.74) is 0.932. The second-order valence-corrected chi connectivity index (χ2v) is 4.14. The molecule has 0 aliphatic heterocycles. The fourth-order valence-electron chi connectivity index (χ4n) is 1.94. The summed E-state index contributed by atoms with van der Waals surface area (Å²) >= 11 is 0. The first-order valence-electron chi connectivity index (χ1n) is 5.50. The molecule has 4 N–H and O–H groups in total. The first-order valence-corrected chi connectivity index (χ1v) is 5.50. The summed E-state index contributed by atoms with van der Waals surface area (Å²) in [5.74, 6) is -3.36. The van der Waals surface area contributed by atoms with E-state index in [1.165, 1.54) is 0 Å². The molecule has 0 aliphatic carbocycles. The van der Waals surface area contributed by atoms with Gasteiger partial charge in [-0.05, 0) is 24.1 Å². The molecule has 0 bridgehead atoms. The van der Waals surface area contributed by atoms with Gasteiger partial charge in [0.2, 0.25) is 5.75 Å². The summed E-state index contributed by atoms with van der Waals surface area (Å²) in [4.78, 5) is 11.2. The highest BCUT2D eigenvalue weighted by molar-refractivity contribution is 6.00. The zero-order chi connectivity index (χ0) is 14.2. The molecule has 0 radical (unpaired) electrons. The lowest BCUT2D eigenvalue weighted by molar-refractivity contribution is 0.0697. The molecule has 0 aromatic heterocycles. The van der Waals surface area contributed by atoms with Crippen LogP contribution in [0.3, 0.4) is 0 Å². The van der Waals surface area contributed by atoms with Crippen molar-refractivity contribution in [1.29, 1.82) is 0 Å². The number of phenolic OH excluding ortho intramolecular Hbond substituents is 3. The Labute approximate surface area is 109 Å². The Bertz CT molecular complexity index is 661. The molecule has 2 aromatic rings. The lowest BCUT2D eigenvalue weighted by Crippen LogP contribution is -2.01. The van der Waals surface area contributed by atoms with Gasteiger partial charge in [-0.2, -0.15) is 0 Å². The number of carboxylic acid groups (broad SMARTS) is 1. The maximum Gasteiger partial charge on any atom is 0.336 e. The Morgan fingerprint density at radius 2 is 1.68 bits per heavy atom. The maximum absolute atomic E-state index is 11.2. The van der Waals surface area contributed by atoms with Gasteiger partial charge in [0.05, 0.1) is 5.56 Å². The summed E-state index contributed by atoms with van der Waals surface area (Å²) in [6.07, 6.45) is 0. The van der Waals surface area contributed by atoms with E-state index in [0.29, 0.717) is 5.56 Å². The van der Waals surface area contributed by atoms with Crippen LogP contribution >= 0.6 is 0 Å². The summed E-state index contributed by atoms with van der Waals surface area (Å²) in [6, 6.07) is 7.77. The van der Waals surface area contributed by atoms with Gasteiger partial charge in [-0.15, -0.1) is 0 Å². The lowest BCUT2D eigenvalue weighted by Gasteiger charge is -2.13. The van der Waals surface area contributed by atoms with Gasteiger partial charge in [-0.3, -0.25) is 0 Å². The number of aromatic hydroxyl groups is 3. The van der Waals surface area contributed by atoms with Crippen LogP contribution in [0.5, 0.6) is 17.2 Å². The summed E-state index contributed by atoms with van der Waals surface area (Å²) in [6.45, 7) is 1.75. The molecule has 5 heteroatoms. The predicted molar refractivity (Wildman–Crippen MR) is 68.6 cm³/mol. The molecule has 0 spiro atoms. The Balaban J connectivity index is 2.86. The largest absolute Gasteiger partial charge is 0.504 e. The number of phenols is 3. The molecule has 0 heterocycles. The SMILES string of the molecule is Cc1ccccc1-c1c(C(=O)O)cc(O)c(O)c1O. The molecule has 0 fully saturated rings. The number of carbonyl (C=O) groups is 1.